The lowest BCUT2D eigenvalue weighted by molar-refractivity contribution is -0.166. The number of methoxy groups -OCH3 is 2. The largest absolute Gasteiger partial charge is 0.467 e. The van der Waals surface area contributed by atoms with E-state index in [1.807, 2.05) is 13.0 Å². The van der Waals surface area contributed by atoms with E-state index in [0.29, 0.717) is 24.4 Å². The third kappa shape index (κ3) is 3.59. The van der Waals surface area contributed by atoms with E-state index in [1.165, 1.54) is 14.2 Å². The molecule has 8 nitrogen and oxygen atoms in total. The minimum atomic E-state index is -1.06. The molecule has 146 valence electrons. The molecule has 0 spiro atoms. The summed E-state index contributed by atoms with van der Waals surface area (Å²) in [6.07, 6.45) is 2.86. The number of H-pyrrole nitrogens is 1. The molecule has 2 aromatic heterocycles. The van der Waals surface area contributed by atoms with Crippen LogP contribution in [-0.4, -0.2) is 41.0 Å². The van der Waals surface area contributed by atoms with Crippen molar-refractivity contribution in [3.8, 4) is 6.07 Å². The minimum absolute atomic E-state index is 0.0297. The van der Waals surface area contributed by atoms with Crippen molar-refractivity contribution in [2.24, 2.45) is 0 Å². The first-order valence-electron chi connectivity index (χ1n) is 8.65. The van der Waals surface area contributed by atoms with E-state index in [9.17, 15) is 14.4 Å². The number of hydrogen-bond acceptors (Lipinski definition) is 7. The number of aromatic amines is 1. The van der Waals surface area contributed by atoms with Crippen LogP contribution in [-0.2, 0) is 14.3 Å². The van der Waals surface area contributed by atoms with Crippen LogP contribution in [0.25, 0.3) is 5.57 Å². The second-order valence-corrected chi connectivity index (χ2v) is 6.51. The van der Waals surface area contributed by atoms with Crippen LogP contribution in [0.1, 0.15) is 36.2 Å². The van der Waals surface area contributed by atoms with Gasteiger partial charge in [0.15, 0.2) is 23.1 Å². The summed E-state index contributed by atoms with van der Waals surface area (Å²) >= 11 is 0. The van der Waals surface area contributed by atoms with E-state index in [1.54, 1.807) is 12.1 Å². The number of aromatic nitrogens is 3. The molecule has 3 rings (SSSR count). The van der Waals surface area contributed by atoms with Gasteiger partial charge >= 0.3 is 5.97 Å². The predicted molar refractivity (Wildman–Crippen MR) is 99.1 cm³/mol. The zero-order chi connectivity index (χ0) is 20.3. The molecule has 28 heavy (non-hydrogen) atoms. The Kier molecular flexibility index (Phi) is 5.42. The summed E-state index contributed by atoms with van der Waals surface area (Å²) in [5.41, 5.74) is 0.988. The van der Waals surface area contributed by atoms with Crippen LogP contribution < -0.4 is 5.32 Å². The molecule has 0 aliphatic heterocycles. The van der Waals surface area contributed by atoms with Gasteiger partial charge in [0.05, 0.1) is 18.4 Å². The molecular weight excluding hydrogens is 365 g/mol. The van der Waals surface area contributed by atoms with Crippen molar-refractivity contribution in [3.63, 3.8) is 0 Å². The summed E-state index contributed by atoms with van der Waals surface area (Å²) in [5.74, 6) is -0.716. The highest BCUT2D eigenvalue weighted by Gasteiger charge is 2.41. The number of carbonyl (C=O) groups excluding carboxylic acids is 1. The maximum atomic E-state index is 14.4. The maximum absolute atomic E-state index is 14.4. The van der Waals surface area contributed by atoms with Crippen molar-refractivity contribution in [1.29, 1.82) is 5.26 Å². The zero-order valence-corrected chi connectivity index (χ0v) is 15.8. The lowest BCUT2D eigenvalue weighted by Crippen LogP contribution is -2.42. The van der Waals surface area contributed by atoms with Gasteiger partial charge in [0, 0.05) is 25.3 Å². The summed E-state index contributed by atoms with van der Waals surface area (Å²) in [5, 5.41) is 19.0. The number of allylic oxidation sites excluding steroid dienone is 1. The van der Waals surface area contributed by atoms with Crippen molar-refractivity contribution in [1.82, 2.24) is 15.2 Å². The molecule has 2 N–H and O–H groups in total. The lowest BCUT2D eigenvalue weighted by Gasteiger charge is -2.32. The van der Waals surface area contributed by atoms with Gasteiger partial charge in [0.2, 0.25) is 0 Å². The molecule has 1 atom stereocenters. The number of nitrogens with one attached hydrogen (secondary N) is 2. The minimum Gasteiger partial charge on any atom is -0.467 e. The Morgan fingerprint density at radius 3 is 2.75 bits per heavy atom. The van der Waals surface area contributed by atoms with E-state index in [4.69, 9.17) is 9.47 Å². The van der Waals surface area contributed by atoms with Crippen LogP contribution >= 0.6 is 0 Å². The van der Waals surface area contributed by atoms with Crippen molar-refractivity contribution in [2.45, 2.75) is 31.8 Å². The standard InChI is InChI=1S/C19H20FN5O3/c1-11-8-15(25-24-11)22-17-14(20)9-13(10-21)16(23-17)12-4-6-19(28-3,7-5-12)18(26)27-2/h4,8-9H,5-7H2,1-3H3,(H2,22,23,24,25). The average Bonchev–Trinajstić information content (AvgIpc) is 3.13. The van der Waals surface area contributed by atoms with Crippen LogP contribution in [0.5, 0.6) is 0 Å². The number of carbonyl (C=O) groups is 1. The Morgan fingerprint density at radius 2 is 2.21 bits per heavy atom. The highest BCUT2D eigenvalue weighted by molar-refractivity contribution is 5.82. The molecule has 0 fully saturated rings. The quantitative estimate of drug-likeness (QED) is 0.761. The highest BCUT2D eigenvalue weighted by atomic mass is 19.1. The molecule has 1 aliphatic carbocycles. The molecule has 1 unspecified atom stereocenters. The molecule has 0 amide bonds. The Balaban J connectivity index is 1.95. The normalized spacial score (nSPS) is 18.9. The lowest BCUT2D eigenvalue weighted by atomic mass is 9.83. The summed E-state index contributed by atoms with van der Waals surface area (Å²) < 4.78 is 24.6. The van der Waals surface area contributed by atoms with Gasteiger partial charge in [-0.05, 0) is 31.4 Å². The van der Waals surface area contributed by atoms with Gasteiger partial charge in [-0.2, -0.15) is 10.4 Å². The number of nitriles is 1. The van der Waals surface area contributed by atoms with Crippen LogP contribution in [0, 0.1) is 24.1 Å². The van der Waals surface area contributed by atoms with Crippen molar-refractivity contribution >= 4 is 23.2 Å². The predicted octanol–water partition coefficient (Wildman–Crippen LogP) is 2.99. The summed E-state index contributed by atoms with van der Waals surface area (Å²) in [7, 11) is 2.77. The molecule has 2 aromatic rings. The van der Waals surface area contributed by atoms with Gasteiger partial charge in [-0.1, -0.05) is 6.08 Å². The number of esters is 1. The molecule has 0 saturated heterocycles. The van der Waals surface area contributed by atoms with E-state index >= 15 is 0 Å². The number of nitrogens with zero attached hydrogens (tertiary/aromatic N) is 3. The smallest absolute Gasteiger partial charge is 0.338 e. The van der Waals surface area contributed by atoms with Crippen molar-refractivity contribution in [3.05, 3.63) is 41.0 Å². The Morgan fingerprint density at radius 1 is 1.43 bits per heavy atom. The fourth-order valence-corrected chi connectivity index (χ4v) is 3.19. The molecule has 0 radical (unpaired) electrons. The summed E-state index contributed by atoms with van der Waals surface area (Å²) in [6, 6.07) is 4.83. The van der Waals surface area contributed by atoms with E-state index < -0.39 is 17.4 Å². The third-order valence-corrected chi connectivity index (χ3v) is 4.78. The van der Waals surface area contributed by atoms with Crippen molar-refractivity contribution < 1.29 is 18.7 Å². The van der Waals surface area contributed by atoms with Crippen LogP contribution in [0.15, 0.2) is 18.2 Å². The monoisotopic (exact) mass is 385 g/mol. The van der Waals surface area contributed by atoms with Crippen LogP contribution in [0.2, 0.25) is 0 Å². The second kappa shape index (κ2) is 7.78. The number of anilines is 2. The zero-order valence-electron chi connectivity index (χ0n) is 15.8. The first-order valence-corrected chi connectivity index (χ1v) is 8.65. The molecule has 0 bridgehead atoms. The van der Waals surface area contributed by atoms with Crippen LogP contribution in [0.3, 0.4) is 0 Å². The molecule has 2 heterocycles. The Bertz CT molecular complexity index is 978. The van der Waals surface area contributed by atoms with Gasteiger partial charge < -0.3 is 14.8 Å². The van der Waals surface area contributed by atoms with Crippen LogP contribution in [0.4, 0.5) is 16.0 Å². The van der Waals surface area contributed by atoms with Gasteiger partial charge in [-0.3, -0.25) is 5.10 Å². The summed E-state index contributed by atoms with van der Waals surface area (Å²) in [6.45, 7) is 1.82. The average molecular weight is 385 g/mol. The molecular formula is C19H20FN5O3. The number of pyridine rings is 1. The number of aryl methyl sites for hydroxylation is 1. The first kappa shape index (κ1) is 19.5. The fraction of sp³-hybridized carbons (Fsp3) is 0.368. The first-order chi connectivity index (χ1) is 13.4. The SMILES string of the molecule is COC(=O)C1(OC)CC=C(c2nc(Nc3cc(C)[nH]n3)c(F)cc2C#N)CC1. The molecule has 1 aliphatic rings. The molecule has 9 heteroatoms. The second-order valence-electron chi connectivity index (χ2n) is 6.51. The number of halogens is 1. The molecule has 0 saturated carbocycles. The Hall–Kier alpha value is -3.25. The third-order valence-electron chi connectivity index (χ3n) is 4.78. The maximum Gasteiger partial charge on any atom is 0.338 e. The highest BCUT2D eigenvalue weighted by Crippen LogP contribution is 2.37. The topological polar surface area (TPSA) is 113 Å². The number of rotatable bonds is 5. The van der Waals surface area contributed by atoms with Gasteiger partial charge in [-0.15, -0.1) is 0 Å². The Labute approximate surface area is 161 Å². The van der Waals surface area contributed by atoms with E-state index in [-0.39, 0.29) is 17.8 Å². The number of ether oxygens (including phenoxy) is 2. The van der Waals surface area contributed by atoms with Gasteiger partial charge in [0.25, 0.3) is 0 Å². The van der Waals surface area contributed by atoms with Gasteiger partial charge in [0.1, 0.15) is 6.07 Å². The van der Waals surface area contributed by atoms with Crippen molar-refractivity contribution in [2.75, 3.05) is 19.5 Å². The van der Waals surface area contributed by atoms with E-state index in [2.05, 4.69) is 20.5 Å². The molecule has 0 aromatic carbocycles. The number of hydrogen-bond donors (Lipinski definition) is 2. The van der Waals surface area contributed by atoms with E-state index in [0.717, 1.165) is 17.3 Å². The fourth-order valence-electron chi connectivity index (χ4n) is 3.19. The summed E-state index contributed by atoms with van der Waals surface area (Å²) in [4.78, 5) is 16.4. The van der Waals surface area contributed by atoms with Gasteiger partial charge in [-0.25, -0.2) is 14.2 Å².